The number of barbiturate groups is 1. The van der Waals surface area contributed by atoms with Crippen LogP contribution in [0.25, 0.3) is 0 Å². The molecule has 4 rings (SSSR count). The molecule has 1 N–H and O–H groups in total. The molecule has 3 atom stereocenters. The Morgan fingerprint density at radius 2 is 2.10 bits per heavy atom. The van der Waals surface area contributed by atoms with Gasteiger partial charge in [0, 0.05) is 37.8 Å². The first kappa shape index (κ1) is 20.8. The summed E-state index contributed by atoms with van der Waals surface area (Å²) in [5.41, 5.74) is -0.674. The number of hydrogen-bond donors (Lipinski definition) is 1. The molecule has 11 nitrogen and oxygen atoms in total. The first-order chi connectivity index (χ1) is 14.7. The molecule has 0 unspecified atom stereocenters. The average Bonchev–Trinajstić information content (AvgIpc) is 2.75. The van der Waals surface area contributed by atoms with Crippen molar-refractivity contribution in [2.24, 2.45) is 11.3 Å². The van der Waals surface area contributed by atoms with Gasteiger partial charge in [0.05, 0.1) is 23.5 Å². The minimum absolute atomic E-state index is 0.108. The highest BCUT2D eigenvalue weighted by molar-refractivity contribution is 6.20. The van der Waals surface area contributed by atoms with Gasteiger partial charge in [-0.2, -0.15) is 0 Å². The number of urea groups is 1. The van der Waals surface area contributed by atoms with Crippen LogP contribution in [0.4, 0.5) is 16.2 Å². The van der Waals surface area contributed by atoms with Gasteiger partial charge in [-0.3, -0.25) is 34.7 Å². The van der Waals surface area contributed by atoms with Crippen molar-refractivity contribution < 1.29 is 28.8 Å². The van der Waals surface area contributed by atoms with Crippen LogP contribution in [-0.4, -0.2) is 59.9 Å². The topological polar surface area (TPSA) is 139 Å². The second kappa shape index (κ2) is 7.33. The first-order valence-corrected chi connectivity index (χ1v) is 10.0. The lowest BCUT2D eigenvalue weighted by Gasteiger charge is -2.54. The number of carbonyl (C=O) groups excluding carboxylic acids is 4. The van der Waals surface area contributed by atoms with E-state index in [1.54, 1.807) is 13.0 Å². The Kier molecular flexibility index (Phi) is 4.91. The predicted molar refractivity (Wildman–Crippen MR) is 106 cm³/mol. The van der Waals surface area contributed by atoms with E-state index >= 15 is 0 Å². The number of esters is 1. The van der Waals surface area contributed by atoms with E-state index in [1.165, 1.54) is 19.2 Å². The number of imide groups is 2. The van der Waals surface area contributed by atoms with Gasteiger partial charge in [0.25, 0.3) is 5.69 Å². The maximum Gasteiger partial charge on any atom is 0.330 e. The van der Waals surface area contributed by atoms with Crippen LogP contribution in [0.15, 0.2) is 18.2 Å². The third-order valence-electron chi connectivity index (χ3n) is 6.46. The van der Waals surface area contributed by atoms with Crippen molar-refractivity contribution in [1.82, 2.24) is 10.2 Å². The standard InChI is InChI=1S/C20H22N4O7/c1-3-31-16(25)11-6-7-23-14-5-4-13(24(29)30)8-12(14)10-20(15(23)9-11)17(26)21-19(28)22(2)18(20)27/h4-5,8,11,15H,3,6-7,9-10H2,1-2H3,(H,21,26,28)/t11-,15+,20-/m1/s1. The Morgan fingerprint density at radius 3 is 2.77 bits per heavy atom. The van der Waals surface area contributed by atoms with Gasteiger partial charge in [-0.1, -0.05) is 0 Å². The van der Waals surface area contributed by atoms with Gasteiger partial charge in [-0.15, -0.1) is 0 Å². The highest BCUT2D eigenvalue weighted by Crippen LogP contribution is 2.49. The van der Waals surface area contributed by atoms with Gasteiger partial charge in [-0.05, 0) is 31.4 Å². The molecule has 4 amide bonds. The van der Waals surface area contributed by atoms with E-state index < -0.39 is 40.1 Å². The number of nitrogens with zero attached hydrogens (tertiary/aromatic N) is 3. The van der Waals surface area contributed by atoms with Crippen molar-refractivity contribution in [2.75, 3.05) is 25.1 Å². The van der Waals surface area contributed by atoms with Crippen LogP contribution in [-0.2, 0) is 25.5 Å². The number of nitro groups is 1. The second-order valence-corrected chi connectivity index (χ2v) is 8.02. The average molecular weight is 430 g/mol. The van der Waals surface area contributed by atoms with E-state index in [2.05, 4.69) is 5.32 Å². The van der Waals surface area contributed by atoms with E-state index in [4.69, 9.17) is 4.74 Å². The number of amides is 4. The number of fused-ring (bicyclic) bond motifs is 4. The van der Waals surface area contributed by atoms with Gasteiger partial charge in [0.1, 0.15) is 0 Å². The minimum atomic E-state index is -1.68. The van der Waals surface area contributed by atoms with E-state index in [0.717, 1.165) is 4.90 Å². The molecule has 2 fully saturated rings. The van der Waals surface area contributed by atoms with Crippen LogP contribution in [0, 0.1) is 21.4 Å². The maximum atomic E-state index is 13.4. The molecule has 3 aliphatic heterocycles. The number of benzene rings is 1. The van der Waals surface area contributed by atoms with Crippen molar-refractivity contribution >= 4 is 35.2 Å². The van der Waals surface area contributed by atoms with Crippen molar-refractivity contribution in [3.8, 4) is 0 Å². The molecule has 164 valence electrons. The Balaban J connectivity index is 1.84. The van der Waals surface area contributed by atoms with Crippen molar-refractivity contribution in [3.63, 3.8) is 0 Å². The number of piperidine rings is 1. The fraction of sp³-hybridized carbons (Fsp3) is 0.500. The Labute approximate surface area is 177 Å². The number of rotatable bonds is 3. The Bertz CT molecular complexity index is 1010. The van der Waals surface area contributed by atoms with Crippen molar-refractivity contribution in [3.05, 3.63) is 33.9 Å². The zero-order valence-corrected chi connectivity index (χ0v) is 17.1. The number of non-ortho nitro benzene ring substituents is 1. The molecule has 1 aromatic rings. The number of ether oxygens (including phenoxy) is 1. The Hall–Kier alpha value is -3.50. The minimum Gasteiger partial charge on any atom is -0.466 e. The number of nitro benzene ring substituents is 1. The summed E-state index contributed by atoms with van der Waals surface area (Å²) in [4.78, 5) is 64.5. The first-order valence-electron chi connectivity index (χ1n) is 10.0. The highest BCUT2D eigenvalue weighted by Gasteiger charge is 2.62. The summed E-state index contributed by atoms with van der Waals surface area (Å²) in [7, 11) is 1.28. The smallest absolute Gasteiger partial charge is 0.330 e. The summed E-state index contributed by atoms with van der Waals surface area (Å²) in [6.07, 6.45) is 0.534. The summed E-state index contributed by atoms with van der Waals surface area (Å²) >= 11 is 0. The summed E-state index contributed by atoms with van der Waals surface area (Å²) < 4.78 is 5.16. The molecule has 0 aliphatic carbocycles. The van der Waals surface area contributed by atoms with Gasteiger partial charge < -0.3 is 9.64 Å². The van der Waals surface area contributed by atoms with Gasteiger partial charge in [-0.25, -0.2) is 4.79 Å². The zero-order valence-electron chi connectivity index (χ0n) is 17.1. The molecule has 1 spiro atoms. The van der Waals surface area contributed by atoms with Gasteiger partial charge in [0.15, 0.2) is 5.41 Å². The largest absolute Gasteiger partial charge is 0.466 e. The predicted octanol–water partition coefficient (Wildman–Crippen LogP) is 0.994. The molecule has 31 heavy (non-hydrogen) atoms. The monoisotopic (exact) mass is 430 g/mol. The maximum absolute atomic E-state index is 13.4. The van der Waals surface area contributed by atoms with Crippen LogP contribution >= 0.6 is 0 Å². The number of carbonyl (C=O) groups is 4. The number of nitrogens with one attached hydrogen (secondary N) is 1. The van der Waals surface area contributed by atoms with E-state index in [1.807, 2.05) is 4.90 Å². The summed E-state index contributed by atoms with van der Waals surface area (Å²) in [5.74, 6) is -2.32. The summed E-state index contributed by atoms with van der Waals surface area (Å²) in [6.45, 7) is 2.29. The molecular formula is C20H22N4O7. The van der Waals surface area contributed by atoms with E-state index in [0.29, 0.717) is 24.2 Å². The third-order valence-corrected chi connectivity index (χ3v) is 6.46. The highest BCUT2D eigenvalue weighted by atomic mass is 16.6. The van der Waals surface area contributed by atoms with Gasteiger partial charge >= 0.3 is 12.0 Å². The third kappa shape index (κ3) is 3.03. The molecular weight excluding hydrogens is 408 g/mol. The molecule has 1 aromatic carbocycles. The molecule has 11 heteroatoms. The van der Waals surface area contributed by atoms with E-state index in [9.17, 15) is 29.3 Å². The molecule has 0 radical (unpaired) electrons. The number of anilines is 1. The lowest BCUT2D eigenvalue weighted by Crippen LogP contribution is -2.72. The van der Waals surface area contributed by atoms with Crippen LogP contribution in [0.2, 0.25) is 0 Å². The fourth-order valence-corrected chi connectivity index (χ4v) is 4.95. The van der Waals surface area contributed by atoms with Gasteiger partial charge in [0.2, 0.25) is 11.8 Å². The zero-order chi connectivity index (χ0) is 22.5. The number of hydrogen-bond acceptors (Lipinski definition) is 8. The van der Waals surface area contributed by atoms with Crippen LogP contribution in [0.1, 0.15) is 25.3 Å². The summed E-state index contributed by atoms with van der Waals surface area (Å²) in [5, 5.41) is 13.5. The quantitative estimate of drug-likeness (QED) is 0.324. The molecule has 0 bridgehead atoms. The van der Waals surface area contributed by atoms with Crippen LogP contribution < -0.4 is 10.2 Å². The lowest BCUT2D eigenvalue weighted by molar-refractivity contribution is -0.384. The molecule has 2 saturated heterocycles. The Morgan fingerprint density at radius 1 is 1.35 bits per heavy atom. The molecule has 3 aliphatic rings. The van der Waals surface area contributed by atoms with E-state index in [-0.39, 0.29) is 31.1 Å². The SMILES string of the molecule is CCOC(=O)[C@@H]1CCN2c3ccc([N+](=O)[O-])cc3C[C@]3(C(=O)NC(=O)N(C)C3=O)[C@@H]2C1. The summed E-state index contributed by atoms with van der Waals surface area (Å²) in [6, 6.07) is 2.83. The second-order valence-electron chi connectivity index (χ2n) is 8.02. The van der Waals surface area contributed by atoms with Crippen LogP contribution in [0.3, 0.4) is 0 Å². The lowest BCUT2D eigenvalue weighted by atomic mass is 9.64. The molecule has 3 heterocycles. The van der Waals surface area contributed by atoms with Crippen molar-refractivity contribution in [2.45, 2.75) is 32.2 Å². The normalized spacial score (nSPS) is 27.5. The van der Waals surface area contributed by atoms with Crippen LogP contribution in [0.5, 0.6) is 0 Å². The molecule has 0 aromatic heterocycles. The van der Waals surface area contributed by atoms with Crippen molar-refractivity contribution in [1.29, 1.82) is 0 Å². The molecule has 0 saturated carbocycles. The fourth-order valence-electron chi connectivity index (χ4n) is 4.95.